The van der Waals surface area contributed by atoms with E-state index in [0.29, 0.717) is 19.6 Å². The van der Waals surface area contributed by atoms with Crippen molar-refractivity contribution in [2.45, 2.75) is 26.8 Å². The number of amides is 1. The second kappa shape index (κ2) is 6.43. The molecule has 0 spiro atoms. The Kier molecular flexibility index (Phi) is 4.45. The zero-order valence-electron chi connectivity index (χ0n) is 15.3. The lowest BCUT2D eigenvalue weighted by Gasteiger charge is -2.46. The second-order valence-electron chi connectivity index (χ2n) is 7.73. The van der Waals surface area contributed by atoms with Gasteiger partial charge >= 0.3 is 6.09 Å². The maximum Gasteiger partial charge on any atom is 0.407 e. The molecule has 1 aromatic carbocycles. The molecule has 1 aliphatic heterocycles. The molecule has 0 saturated carbocycles. The van der Waals surface area contributed by atoms with Crippen molar-refractivity contribution in [2.24, 2.45) is 12.5 Å². The van der Waals surface area contributed by atoms with Crippen molar-refractivity contribution in [3.05, 3.63) is 36.5 Å². The van der Waals surface area contributed by atoms with Gasteiger partial charge in [-0.3, -0.25) is 4.68 Å². The lowest BCUT2D eigenvalue weighted by molar-refractivity contribution is 0.0748. The highest BCUT2D eigenvalue weighted by molar-refractivity contribution is 5.67. The molecular formula is C19H26N4O2. The first-order valence-electron chi connectivity index (χ1n) is 8.60. The zero-order chi connectivity index (χ0) is 18.2. The van der Waals surface area contributed by atoms with Crippen LogP contribution in [0.1, 0.15) is 20.8 Å². The monoisotopic (exact) mass is 342 g/mol. The molecule has 1 N–H and O–H groups in total. The zero-order valence-corrected chi connectivity index (χ0v) is 15.3. The molecule has 2 aromatic rings. The predicted molar refractivity (Wildman–Crippen MR) is 98.8 cm³/mol. The fraction of sp³-hybridized carbons (Fsp3) is 0.474. The Morgan fingerprint density at radius 2 is 1.84 bits per heavy atom. The Labute approximate surface area is 148 Å². The summed E-state index contributed by atoms with van der Waals surface area (Å²) in [5, 5.41) is 13.9. The summed E-state index contributed by atoms with van der Waals surface area (Å²) in [6.07, 6.45) is 1.10. The van der Waals surface area contributed by atoms with Gasteiger partial charge in [0.1, 0.15) is 0 Å². The summed E-state index contributed by atoms with van der Waals surface area (Å²) in [4.78, 5) is 15.4. The van der Waals surface area contributed by atoms with E-state index in [9.17, 15) is 9.90 Å². The number of anilines is 1. The molecule has 3 rings (SSSR count). The quantitative estimate of drug-likeness (QED) is 0.910. The number of piperazine rings is 1. The number of nitrogens with zero attached hydrogens (tertiary/aromatic N) is 4. The average Bonchev–Trinajstić information content (AvgIpc) is 3.00. The summed E-state index contributed by atoms with van der Waals surface area (Å²) in [7, 11) is 1.91. The van der Waals surface area contributed by atoms with Crippen LogP contribution in [0.2, 0.25) is 0 Å². The van der Waals surface area contributed by atoms with Crippen LogP contribution >= 0.6 is 0 Å². The van der Waals surface area contributed by atoms with Crippen molar-refractivity contribution in [1.82, 2.24) is 14.7 Å². The molecule has 1 atom stereocenters. The first kappa shape index (κ1) is 17.3. The number of rotatable bonds is 2. The molecule has 1 aliphatic rings. The van der Waals surface area contributed by atoms with Crippen LogP contribution in [0.5, 0.6) is 0 Å². The van der Waals surface area contributed by atoms with Crippen molar-refractivity contribution in [1.29, 1.82) is 0 Å². The number of hydrogen-bond donors (Lipinski definition) is 1. The Balaban J connectivity index is 1.79. The van der Waals surface area contributed by atoms with Crippen molar-refractivity contribution >= 4 is 11.8 Å². The van der Waals surface area contributed by atoms with Gasteiger partial charge < -0.3 is 14.9 Å². The summed E-state index contributed by atoms with van der Waals surface area (Å²) >= 11 is 0. The molecule has 134 valence electrons. The Bertz CT molecular complexity index is 746. The fourth-order valence-electron chi connectivity index (χ4n) is 3.40. The van der Waals surface area contributed by atoms with E-state index < -0.39 is 6.09 Å². The minimum Gasteiger partial charge on any atom is -0.465 e. The number of hydrogen-bond acceptors (Lipinski definition) is 3. The molecule has 2 heterocycles. The van der Waals surface area contributed by atoms with Gasteiger partial charge in [-0.1, -0.05) is 32.9 Å². The molecule has 0 radical (unpaired) electrons. The smallest absolute Gasteiger partial charge is 0.407 e. The third-order valence-corrected chi connectivity index (χ3v) is 4.87. The van der Waals surface area contributed by atoms with Crippen LogP contribution in [0.3, 0.4) is 0 Å². The number of carboxylic acid groups (broad SMARTS) is 1. The average molecular weight is 342 g/mol. The van der Waals surface area contributed by atoms with Crippen molar-refractivity contribution in [3.63, 3.8) is 0 Å². The van der Waals surface area contributed by atoms with Gasteiger partial charge in [-0.05, 0) is 23.6 Å². The normalized spacial score (nSPS) is 18.5. The first-order chi connectivity index (χ1) is 11.8. The maximum absolute atomic E-state index is 11.6. The van der Waals surface area contributed by atoms with Gasteiger partial charge in [0.2, 0.25) is 0 Å². The summed E-state index contributed by atoms with van der Waals surface area (Å²) < 4.78 is 1.79. The van der Waals surface area contributed by atoms with Gasteiger partial charge in [0.25, 0.3) is 0 Å². The van der Waals surface area contributed by atoms with Crippen LogP contribution in [0, 0.1) is 5.41 Å². The van der Waals surface area contributed by atoms with Crippen LogP contribution in [-0.2, 0) is 7.05 Å². The van der Waals surface area contributed by atoms with E-state index in [0.717, 1.165) is 16.9 Å². The number of aromatic nitrogens is 2. The van der Waals surface area contributed by atoms with E-state index in [1.807, 2.05) is 19.3 Å². The van der Waals surface area contributed by atoms with Gasteiger partial charge in [0, 0.05) is 44.1 Å². The lowest BCUT2D eigenvalue weighted by atomic mass is 9.84. The van der Waals surface area contributed by atoms with Crippen molar-refractivity contribution in [2.75, 3.05) is 24.5 Å². The first-order valence-corrected chi connectivity index (χ1v) is 8.60. The largest absolute Gasteiger partial charge is 0.465 e. The topological polar surface area (TPSA) is 61.6 Å². The Morgan fingerprint density at radius 3 is 2.36 bits per heavy atom. The Morgan fingerprint density at radius 1 is 1.16 bits per heavy atom. The molecule has 1 unspecified atom stereocenters. The molecular weight excluding hydrogens is 316 g/mol. The molecule has 0 aliphatic carbocycles. The van der Waals surface area contributed by atoms with E-state index in [1.165, 1.54) is 0 Å². The molecule has 6 nitrogen and oxygen atoms in total. The van der Waals surface area contributed by atoms with Crippen LogP contribution in [0.4, 0.5) is 10.5 Å². The van der Waals surface area contributed by atoms with Gasteiger partial charge in [0.15, 0.2) is 0 Å². The van der Waals surface area contributed by atoms with Gasteiger partial charge in [-0.25, -0.2) is 4.79 Å². The molecule has 6 heteroatoms. The Hall–Kier alpha value is -2.50. The number of carbonyl (C=O) groups is 1. The van der Waals surface area contributed by atoms with E-state index in [4.69, 9.17) is 0 Å². The minimum absolute atomic E-state index is 0.0331. The second-order valence-corrected chi connectivity index (χ2v) is 7.73. The van der Waals surface area contributed by atoms with E-state index in [1.54, 1.807) is 9.58 Å². The predicted octanol–water partition coefficient (Wildman–Crippen LogP) is 3.30. The molecule has 1 saturated heterocycles. The number of aryl methyl sites for hydroxylation is 1. The van der Waals surface area contributed by atoms with Crippen molar-refractivity contribution < 1.29 is 9.90 Å². The summed E-state index contributed by atoms with van der Waals surface area (Å²) in [5.41, 5.74) is 3.06. The molecule has 25 heavy (non-hydrogen) atoms. The van der Waals surface area contributed by atoms with Gasteiger partial charge in [0.05, 0.1) is 11.7 Å². The van der Waals surface area contributed by atoms with Gasteiger partial charge in [-0.2, -0.15) is 5.10 Å². The van der Waals surface area contributed by atoms with Crippen LogP contribution in [0.25, 0.3) is 11.3 Å². The number of benzene rings is 1. The van der Waals surface area contributed by atoms with Crippen molar-refractivity contribution in [3.8, 4) is 11.3 Å². The molecule has 1 amide bonds. The third-order valence-electron chi connectivity index (χ3n) is 4.87. The standard InChI is InChI=1S/C19H26N4O2/c1-19(2,3)17-13-22(11-12-23(17)18(24)25)15-7-5-14(6-8-15)16-9-10-21(4)20-16/h5-10,17H,11-13H2,1-4H3,(H,24,25). The molecule has 1 aromatic heterocycles. The highest BCUT2D eigenvalue weighted by Crippen LogP contribution is 2.30. The summed E-state index contributed by atoms with van der Waals surface area (Å²) in [6, 6.07) is 10.3. The van der Waals surface area contributed by atoms with E-state index in [-0.39, 0.29) is 11.5 Å². The molecule has 0 bridgehead atoms. The molecule has 1 fully saturated rings. The fourth-order valence-corrected chi connectivity index (χ4v) is 3.40. The highest BCUT2D eigenvalue weighted by atomic mass is 16.4. The lowest BCUT2D eigenvalue weighted by Crippen LogP contribution is -2.59. The van der Waals surface area contributed by atoms with Crippen LogP contribution in [-0.4, -0.2) is 51.6 Å². The maximum atomic E-state index is 11.6. The minimum atomic E-state index is -0.829. The highest BCUT2D eigenvalue weighted by Gasteiger charge is 2.38. The third kappa shape index (κ3) is 3.62. The van der Waals surface area contributed by atoms with E-state index in [2.05, 4.69) is 55.0 Å². The van der Waals surface area contributed by atoms with E-state index >= 15 is 0 Å². The summed E-state index contributed by atoms with van der Waals surface area (Å²) in [5.74, 6) is 0. The SMILES string of the molecule is Cn1ccc(-c2ccc(N3CCN(C(=O)O)C(C(C)(C)C)C3)cc2)n1. The van der Waals surface area contributed by atoms with Crippen LogP contribution in [0.15, 0.2) is 36.5 Å². The van der Waals surface area contributed by atoms with Gasteiger partial charge in [-0.15, -0.1) is 0 Å². The summed E-state index contributed by atoms with van der Waals surface area (Å²) in [6.45, 7) is 8.24. The van der Waals surface area contributed by atoms with Crippen LogP contribution < -0.4 is 4.90 Å².